The minimum absolute atomic E-state index is 0.292. The van der Waals surface area contributed by atoms with Crippen molar-refractivity contribution in [3.8, 4) is 0 Å². The summed E-state index contributed by atoms with van der Waals surface area (Å²) in [5.74, 6) is -0.633. The maximum Gasteiger partial charge on any atom is 0.328 e. The number of aliphatic carboxylic acids is 1. The quantitative estimate of drug-likeness (QED) is 0.859. The molecular formula is C15H18N2O3S. The first kappa shape index (κ1) is 14.3. The van der Waals surface area contributed by atoms with E-state index in [1.807, 2.05) is 16.3 Å². The van der Waals surface area contributed by atoms with Crippen molar-refractivity contribution in [2.45, 2.75) is 25.4 Å². The summed E-state index contributed by atoms with van der Waals surface area (Å²) in [6, 6.07) is 2.32. The van der Waals surface area contributed by atoms with Gasteiger partial charge < -0.3 is 10.0 Å². The van der Waals surface area contributed by atoms with Gasteiger partial charge >= 0.3 is 5.97 Å². The van der Waals surface area contributed by atoms with Crippen LogP contribution in [0.25, 0.3) is 6.08 Å². The molecule has 1 atom stereocenters. The number of amides is 1. The molecule has 1 unspecified atom stereocenters. The van der Waals surface area contributed by atoms with Crippen molar-refractivity contribution in [2.75, 3.05) is 19.6 Å². The van der Waals surface area contributed by atoms with Crippen LogP contribution in [0.3, 0.4) is 0 Å². The van der Waals surface area contributed by atoms with Crippen LogP contribution < -0.4 is 0 Å². The van der Waals surface area contributed by atoms with Crippen LogP contribution >= 0.6 is 11.3 Å². The second-order valence-electron chi connectivity index (χ2n) is 5.49. The Bertz CT molecular complexity index is 581. The lowest BCUT2D eigenvalue weighted by atomic mass is 10.1. The molecule has 112 valence electrons. The molecule has 0 saturated carbocycles. The van der Waals surface area contributed by atoms with Gasteiger partial charge in [-0.05, 0) is 29.5 Å². The molecule has 5 nitrogen and oxygen atoms in total. The lowest BCUT2D eigenvalue weighted by Crippen LogP contribution is -2.50. The Morgan fingerprint density at radius 2 is 2.33 bits per heavy atom. The predicted molar refractivity (Wildman–Crippen MR) is 81.0 cm³/mol. The largest absolute Gasteiger partial charge is 0.478 e. The number of fused-ring (bicyclic) bond motifs is 1. The smallest absolute Gasteiger partial charge is 0.328 e. The fourth-order valence-electron chi connectivity index (χ4n) is 3.06. The Balaban J connectivity index is 1.64. The molecule has 6 heteroatoms. The van der Waals surface area contributed by atoms with Gasteiger partial charge in [-0.25, -0.2) is 4.79 Å². The number of nitrogens with zero attached hydrogens (tertiary/aromatic N) is 2. The number of hydrogen-bond acceptors (Lipinski definition) is 4. The third-order valence-corrected chi connectivity index (χ3v) is 5.05. The van der Waals surface area contributed by atoms with E-state index < -0.39 is 5.97 Å². The highest BCUT2D eigenvalue weighted by molar-refractivity contribution is 7.10. The average molecular weight is 306 g/mol. The van der Waals surface area contributed by atoms with Crippen LogP contribution in [-0.4, -0.2) is 52.5 Å². The van der Waals surface area contributed by atoms with Gasteiger partial charge in [0.25, 0.3) is 0 Å². The van der Waals surface area contributed by atoms with E-state index in [1.54, 1.807) is 17.4 Å². The third-order valence-electron chi connectivity index (χ3n) is 4.13. The molecule has 3 rings (SSSR count). The Hall–Kier alpha value is -1.66. The van der Waals surface area contributed by atoms with E-state index in [0.717, 1.165) is 38.2 Å². The molecule has 0 spiro atoms. The van der Waals surface area contributed by atoms with Gasteiger partial charge in [0.05, 0.1) is 0 Å². The molecule has 1 aromatic rings. The molecule has 2 fully saturated rings. The second kappa shape index (κ2) is 5.99. The molecule has 0 radical (unpaired) electrons. The number of hydrogen-bond donors (Lipinski definition) is 1. The highest BCUT2D eigenvalue weighted by Crippen LogP contribution is 2.26. The van der Waals surface area contributed by atoms with Gasteiger partial charge in [0.1, 0.15) is 0 Å². The van der Waals surface area contributed by atoms with Crippen LogP contribution in [0.5, 0.6) is 0 Å². The number of carbonyl (C=O) groups is 2. The zero-order chi connectivity index (χ0) is 14.8. The lowest BCUT2D eigenvalue weighted by Gasteiger charge is -2.37. The van der Waals surface area contributed by atoms with Crippen molar-refractivity contribution >= 4 is 29.3 Å². The van der Waals surface area contributed by atoms with Crippen LogP contribution in [0.1, 0.15) is 23.3 Å². The minimum atomic E-state index is -0.926. The summed E-state index contributed by atoms with van der Waals surface area (Å²) in [7, 11) is 0. The lowest BCUT2D eigenvalue weighted by molar-refractivity contribution is -0.132. The number of carboxylic acids is 1. The number of thiophene rings is 1. The summed E-state index contributed by atoms with van der Waals surface area (Å²) in [6.45, 7) is 3.46. The van der Waals surface area contributed by atoms with Crippen molar-refractivity contribution in [1.29, 1.82) is 0 Å². The highest BCUT2D eigenvalue weighted by Gasteiger charge is 2.35. The molecule has 21 heavy (non-hydrogen) atoms. The Kier molecular flexibility index (Phi) is 4.07. The molecule has 0 aliphatic carbocycles. The van der Waals surface area contributed by atoms with E-state index in [1.165, 1.54) is 11.0 Å². The summed E-state index contributed by atoms with van der Waals surface area (Å²) >= 11 is 1.65. The molecule has 1 N–H and O–H groups in total. The monoisotopic (exact) mass is 306 g/mol. The van der Waals surface area contributed by atoms with Crippen LogP contribution in [0.4, 0.5) is 0 Å². The second-order valence-corrected chi connectivity index (χ2v) is 6.49. The number of rotatable bonds is 4. The van der Waals surface area contributed by atoms with Gasteiger partial charge in [0.2, 0.25) is 5.91 Å². The van der Waals surface area contributed by atoms with E-state index in [0.29, 0.717) is 18.4 Å². The van der Waals surface area contributed by atoms with Gasteiger partial charge in [0, 0.05) is 49.6 Å². The Morgan fingerprint density at radius 1 is 1.48 bits per heavy atom. The molecule has 1 aromatic heterocycles. The Labute approximate surface area is 127 Å². The predicted octanol–water partition coefficient (Wildman–Crippen LogP) is 1.65. The first-order valence-corrected chi connectivity index (χ1v) is 8.00. The van der Waals surface area contributed by atoms with Crippen molar-refractivity contribution in [1.82, 2.24) is 9.80 Å². The molecule has 2 aliphatic rings. The van der Waals surface area contributed by atoms with Gasteiger partial charge in [-0.3, -0.25) is 9.69 Å². The first-order valence-electron chi connectivity index (χ1n) is 7.12. The maximum atomic E-state index is 11.7. The molecule has 3 heterocycles. The maximum absolute atomic E-state index is 11.7. The van der Waals surface area contributed by atoms with E-state index in [9.17, 15) is 9.59 Å². The average Bonchev–Trinajstić information content (AvgIpc) is 3.04. The van der Waals surface area contributed by atoms with Crippen molar-refractivity contribution in [3.63, 3.8) is 0 Å². The molecular weight excluding hydrogens is 288 g/mol. The van der Waals surface area contributed by atoms with Gasteiger partial charge in [0.15, 0.2) is 0 Å². The molecule has 1 amide bonds. The summed E-state index contributed by atoms with van der Waals surface area (Å²) in [4.78, 5) is 27.9. The summed E-state index contributed by atoms with van der Waals surface area (Å²) in [5.41, 5.74) is 0.979. The SMILES string of the molecule is O=C(O)/C=C/c1ccsc1CN1CCN2C(=O)CCC2C1. The van der Waals surface area contributed by atoms with Crippen LogP contribution in [-0.2, 0) is 16.1 Å². The van der Waals surface area contributed by atoms with Gasteiger partial charge in [-0.15, -0.1) is 11.3 Å². The highest BCUT2D eigenvalue weighted by atomic mass is 32.1. The van der Waals surface area contributed by atoms with Crippen molar-refractivity contribution in [2.24, 2.45) is 0 Å². The van der Waals surface area contributed by atoms with Crippen LogP contribution in [0, 0.1) is 0 Å². The topological polar surface area (TPSA) is 60.9 Å². The summed E-state index contributed by atoms with van der Waals surface area (Å²) in [5, 5.41) is 10.7. The Morgan fingerprint density at radius 3 is 3.14 bits per heavy atom. The molecule has 2 aliphatic heterocycles. The number of carboxylic acid groups (broad SMARTS) is 1. The normalized spacial score (nSPS) is 23.0. The van der Waals surface area contributed by atoms with Crippen LogP contribution in [0.15, 0.2) is 17.5 Å². The summed E-state index contributed by atoms with van der Waals surface area (Å²) in [6.07, 6.45) is 4.48. The fraction of sp³-hybridized carbons (Fsp3) is 0.467. The molecule has 2 saturated heterocycles. The van der Waals surface area contributed by atoms with E-state index in [2.05, 4.69) is 4.90 Å². The zero-order valence-corrected chi connectivity index (χ0v) is 12.5. The van der Waals surface area contributed by atoms with Crippen molar-refractivity contribution in [3.05, 3.63) is 28.0 Å². The number of carbonyl (C=O) groups excluding carboxylic acids is 1. The molecule has 0 bridgehead atoms. The van der Waals surface area contributed by atoms with Gasteiger partial charge in [-0.2, -0.15) is 0 Å². The third kappa shape index (κ3) is 3.16. The fourth-order valence-corrected chi connectivity index (χ4v) is 3.97. The van der Waals surface area contributed by atoms with Crippen molar-refractivity contribution < 1.29 is 14.7 Å². The standard InChI is InChI=1S/C15H18N2O3S/c18-14-3-2-12-9-16(6-7-17(12)14)10-13-11(5-8-21-13)1-4-15(19)20/h1,4-5,8,12H,2-3,6-7,9-10H2,(H,19,20)/b4-1+. The first-order chi connectivity index (χ1) is 10.1. The minimum Gasteiger partial charge on any atom is -0.478 e. The summed E-state index contributed by atoms with van der Waals surface area (Å²) < 4.78 is 0. The van der Waals surface area contributed by atoms with Gasteiger partial charge in [-0.1, -0.05) is 0 Å². The molecule has 0 aromatic carbocycles. The van der Waals surface area contributed by atoms with Crippen LogP contribution in [0.2, 0.25) is 0 Å². The van der Waals surface area contributed by atoms with E-state index in [-0.39, 0.29) is 0 Å². The van der Waals surface area contributed by atoms with E-state index in [4.69, 9.17) is 5.11 Å². The number of piperazine rings is 1. The zero-order valence-electron chi connectivity index (χ0n) is 11.7. The van der Waals surface area contributed by atoms with E-state index >= 15 is 0 Å².